The summed E-state index contributed by atoms with van der Waals surface area (Å²) in [4.78, 5) is 1.10. The van der Waals surface area contributed by atoms with E-state index < -0.39 is 71.4 Å². The molecule has 13 heteroatoms. The van der Waals surface area contributed by atoms with Crippen LogP contribution in [-0.2, 0) is 31.7 Å². The van der Waals surface area contributed by atoms with Gasteiger partial charge in [0.25, 0.3) is 0 Å². The number of nitrogens with zero attached hydrogens (tertiary/aromatic N) is 1. The second-order valence-electron chi connectivity index (χ2n) is 9.70. The predicted octanol–water partition coefficient (Wildman–Crippen LogP) is 9.20. The number of hydrogen-bond donors (Lipinski definition) is 1. The van der Waals surface area contributed by atoms with Crippen molar-refractivity contribution >= 4 is 5.69 Å². The molecule has 0 bridgehead atoms. The van der Waals surface area contributed by atoms with E-state index in [1.54, 1.807) is 0 Å². The van der Waals surface area contributed by atoms with Gasteiger partial charge in [-0.15, -0.1) is 0 Å². The molecule has 4 aromatic carbocycles. The number of aliphatic hydroxyl groups excluding tert-OH is 1. The first-order chi connectivity index (χ1) is 20.6. The second kappa shape index (κ2) is 12.8. The second-order valence-corrected chi connectivity index (χ2v) is 9.70. The van der Waals surface area contributed by atoms with Crippen molar-refractivity contribution in [3.8, 4) is 5.75 Å². The highest BCUT2D eigenvalue weighted by molar-refractivity contribution is 5.54. The Balaban J connectivity index is 1.76. The summed E-state index contributed by atoms with van der Waals surface area (Å²) in [6.45, 7) is -2.00. The summed E-state index contributed by atoms with van der Waals surface area (Å²) in [6.07, 6.45) is -14.3. The first-order valence-corrected chi connectivity index (χ1v) is 12.9. The van der Waals surface area contributed by atoms with Crippen molar-refractivity contribution in [1.29, 1.82) is 0 Å². The third-order valence-electron chi connectivity index (χ3n) is 6.70. The smallest absolute Gasteiger partial charge is 0.416 e. The molecule has 4 aromatic rings. The molecular weight excluding hydrogens is 608 g/mol. The molecule has 0 saturated heterocycles. The van der Waals surface area contributed by atoms with Crippen LogP contribution in [0.4, 0.5) is 49.6 Å². The van der Waals surface area contributed by atoms with Crippen LogP contribution in [-0.4, -0.2) is 11.7 Å². The number of alkyl halides is 9. The number of rotatable bonds is 9. The fourth-order valence-electron chi connectivity index (χ4n) is 4.60. The molecule has 0 heterocycles. The van der Waals surface area contributed by atoms with Crippen LogP contribution in [0.15, 0.2) is 91.0 Å². The highest BCUT2D eigenvalue weighted by Gasteiger charge is 2.37. The van der Waals surface area contributed by atoms with E-state index in [1.807, 2.05) is 0 Å². The zero-order chi connectivity index (χ0) is 32.3. The average Bonchev–Trinajstić information content (AvgIpc) is 2.96. The zero-order valence-corrected chi connectivity index (χ0v) is 22.4. The Bertz CT molecular complexity index is 1580. The quantitative estimate of drug-likeness (QED) is 0.187. The number of anilines is 1. The van der Waals surface area contributed by atoms with Crippen molar-refractivity contribution in [2.45, 2.75) is 37.7 Å². The van der Waals surface area contributed by atoms with E-state index in [-0.39, 0.29) is 23.6 Å². The average molecular weight is 632 g/mol. The Hall–Kier alpha value is -4.26. The normalized spacial score (nSPS) is 13.1. The summed E-state index contributed by atoms with van der Waals surface area (Å²) < 4.78 is 142. The van der Waals surface area contributed by atoms with Gasteiger partial charge < -0.3 is 14.7 Å². The number of hydrogen-bond acceptors (Lipinski definition) is 3. The topological polar surface area (TPSA) is 32.7 Å². The number of halogens is 10. The van der Waals surface area contributed by atoms with E-state index in [1.165, 1.54) is 42.5 Å². The van der Waals surface area contributed by atoms with Gasteiger partial charge in [-0.2, -0.15) is 39.5 Å². The van der Waals surface area contributed by atoms with Crippen LogP contribution < -0.4 is 9.64 Å². The molecule has 0 saturated carbocycles. The van der Waals surface area contributed by atoms with Gasteiger partial charge in [-0.25, -0.2) is 4.39 Å². The van der Waals surface area contributed by atoms with Crippen LogP contribution >= 0.6 is 0 Å². The lowest BCUT2D eigenvalue weighted by Gasteiger charge is -2.35. The minimum absolute atomic E-state index is 0.0272. The first kappa shape index (κ1) is 32.6. The Morgan fingerprint density at radius 1 is 0.682 bits per heavy atom. The van der Waals surface area contributed by atoms with Gasteiger partial charge in [0, 0.05) is 23.9 Å². The lowest BCUT2D eigenvalue weighted by molar-refractivity contribution is -0.139. The van der Waals surface area contributed by atoms with E-state index in [0.29, 0.717) is 18.2 Å². The summed E-state index contributed by atoms with van der Waals surface area (Å²) >= 11 is 0. The summed E-state index contributed by atoms with van der Waals surface area (Å²) in [5.74, 6) is -1.03. The van der Waals surface area contributed by atoms with Crippen LogP contribution in [0.1, 0.15) is 39.4 Å². The molecule has 0 aromatic heterocycles. The summed E-state index contributed by atoms with van der Waals surface area (Å²) in [5.41, 5.74) is -3.98. The lowest BCUT2D eigenvalue weighted by atomic mass is 9.97. The largest absolute Gasteiger partial charge is 0.489 e. The Kier molecular flexibility index (Phi) is 9.47. The SMILES string of the molecule is OCC(c1ccccc1C(F)(F)F)N(Cc1cc(C(F)(F)F)ccc1F)c1cccc(OCc2cccc(C(F)(F)F)c2)c1. The van der Waals surface area contributed by atoms with Gasteiger partial charge in [0.15, 0.2) is 0 Å². The van der Waals surface area contributed by atoms with Crippen molar-refractivity contribution < 1.29 is 53.7 Å². The fraction of sp³-hybridized carbons (Fsp3) is 0.226. The number of aliphatic hydroxyl groups is 1. The van der Waals surface area contributed by atoms with E-state index in [4.69, 9.17) is 4.74 Å². The third-order valence-corrected chi connectivity index (χ3v) is 6.70. The molecule has 0 aliphatic heterocycles. The highest BCUT2D eigenvalue weighted by Crippen LogP contribution is 2.40. The lowest BCUT2D eigenvalue weighted by Crippen LogP contribution is -2.33. The Morgan fingerprint density at radius 2 is 1.34 bits per heavy atom. The third kappa shape index (κ3) is 7.81. The van der Waals surface area contributed by atoms with Crippen LogP contribution in [0.2, 0.25) is 0 Å². The number of ether oxygens (including phenoxy) is 1. The molecule has 44 heavy (non-hydrogen) atoms. The van der Waals surface area contributed by atoms with E-state index in [9.17, 15) is 49.0 Å². The molecule has 0 aliphatic carbocycles. The maximum absolute atomic E-state index is 14.8. The fourth-order valence-corrected chi connectivity index (χ4v) is 4.60. The highest BCUT2D eigenvalue weighted by atomic mass is 19.4. The molecule has 0 fully saturated rings. The van der Waals surface area contributed by atoms with Crippen LogP contribution in [0.25, 0.3) is 0 Å². The number of benzene rings is 4. The molecule has 0 spiro atoms. The predicted molar refractivity (Wildman–Crippen MR) is 141 cm³/mol. The van der Waals surface area contributed by atoms with Gasteiger partial charge in [0.2, 0.25) is 0 Å². The molecular formula is C31H23F10NO2. The Labute approximate surface area is 244 Å². The maximum Gasteiger partial charge on any atom is 0.416 e. The van der Waals surface area contributed by atoms with Crippen molar-refractivity contribution in [2.24, 2.45) is 0 Å². The van der Waals surface area contributed by atoms with Gasteiger partial charge in [-0.3, -0.25) is 0 Å². The summed E-state index contributed by atoms with van der Waals surface area (Å²) in [5, 5.41) is 10.3. The zero-order valence-electron chi connectivity index (χ0n) is 22.4. The summed E-state index contributed by atoms with van der Waals surface area (Å²) in [7, 11) is 0. The van der Waals surface area contributed by atoms with Gasteiger partial charge in [0.05, 0.1) is 29.3 Å². The van der Waals surface area contributed by atoms with Gasteiger partial charge in [-0.05, 0) is 59.7 Å². The standard InChI is InChI=1S/C31H23F10NO2/c32-27-12-11-22(30(36,37)38)14-20(27)16-42(28(17-43)25-9-1-2-10-26(25)31(39,40)41)23-7-4-8-24(15-23)44-18-19-5-3-6-21(13-19)29(33,34)35/h1-15,28,43H,16-18H2. The van der Waals surface area contributed by atoms with Crippen LogP contribution in [0.3, 0.4) is 0 Å². The van der Waals surface area contributed by atoms with Crippen LogP contribution in [0.5, 0.6) is 5.75 Å². The monoisotopic (exact) mass is 631 g/mol. The molecule has 4 rings (SSSR count). The van der Waals surface area contributed by atoms with Crippen molar-refractivity contribution in [1.82, 2.24) is 0 Å². The molecule has 1 unspecified atom stereocenters. The van der Waals surface area contributed by atoms with Gasteiger partial charge in [0.1, 0.15) is 18.2 Å². The van der Waals surface area contributed by atoms with E-state index in [0.717, 1.165) is 35.2 Å². The van der Waals surface area contributed by atoms with Crippen molar-refractivity contribution in [2.75, 3.05) is 11.5 Å². The summed E-state index contributed by atoms with van der Waals surface area (Å²) in [6, 6.07) is 14.1. The molecule has 3 nitrogen and oxygen atoms in total. The minimum Gasteiger partial charge on any atom is -0.489 e. The molecule has 0 aliphatic rings. The maximum atomic E-state index is 14.8. The first-order valence-electron chi connectivity index (χ1n) is 12.9. The van der Waals surface area contributed by atoms with Gasteiger partial charge in [-0.1, -0.05) is 36.4 Å². The van der Waals surface area contributed by atoms with Gasteiger partial charge >= 0.3 is 18.5 Å². The van der Waals surface area contributed by atoms with Crippen LogP contribution in [0, 0.1) is 5.82 Å². The Morgan fingerprint density at radius 3 is 2.00 bits per heavy atom. The molecule has 1 atom stereocenters. The van der Waals surface area contributed by atoms with Crippen molar-refractivity contribution in [3.05, 3.63) is 130 Å². The molecule has 0 amide bonds. The molecule has 1 N–H and O–H groups in total. The molecule has 234 valence electrons. The molecule has 0 radical (unpaired) electrons. The minimum atomic E-state index is -4.87. The van der Waals surface area contributed by atoms with E-state index >= 15 is 0 Å². The van der Waals surface area contributed by atoms with Crippen molar-refractivity contribution in [3.63, 3.8) is 0 Å². The van der Waals surface area contributed by atoms with E-state index in [2.05, 4.69) is 0 Å².